The number of urea groups is 1. The van der Waals surface area contributed by atoms with Crippen LogP contribution in [0, 0.1) is 16.7 Å². The topological polar surface area (TPSA) is 391 Å². The van der Waals surface area contributed by atoms with E-state index in [1.54, 1.807) is 77.9 Å². The average Bonchev–Trinajstić information content (AvgIpc) is 0.633. The predicted octanol–water partition coefficient (Wildman–Crippen LogP) is 4.01. The summed E-state index contributed by atoms with van der Waals surface area (Å²) in [6.07, 6.45) is -10.8. The fraction of sp³-hybridized carbons (Fsp3) is 0.590. The maximum absolute atomic E-state index is 15.9. The third-order valence-corrected chi connectivity index (χ3v) is 17.6. The highest BCUT2D eigenvalue weighted by Crippen LogP contribution is 2.77. The molecular weight excluding hydrogens is 1160 g/mol. The summed E-state index contributed by atoms with van der Waals surface area (Å²) in [5.74, 6) is -11.0. The fourth-order valence-electron chi connectivity index (χ4n) is 13.7. The first-order chi connectivity index (χ1) is 41.3. The molecule has 4 bridgehead atoms. The second-order valence-corrected chi connectivity index (χ2v) is 24.4. The van der Waals surface area contributed by atoms with Crippen molar-refractivity contribution in [2.45, 2.75) is 184 Å². The first kappa shape index (κ1) is 67.5. The van der Waals surface area contributed by atoms with Gasteiger partial charge in [0.1, 0.15) is 47.6 Å². The van der Waals surface area contributed by atoms with Crippen LogP contribution in [-0.4, -0.2) is 178 Å². The Morgan fingerprint density at radius 3 is 1.98 bits per heavy atom. The minimum atomic E-state index is -2.33. The van der Waals surface area contributed by atoms with Crippen molar-refractivity contribution in [1.29, 1.82) is 0 Å². The number of ketones is 1. The Bertz CT molecular complexity index is 3060. The SMILES string of the molecule is COC1C(=O)C2(C)C(OC)CC3OCC3(OC(C)=O)C2C2(OC(=O)c3ccccc3)CC3(C)C1=C(C)C(OC(=O)C(OC(=O)CCC(=O)NCCCCC(NC(=O)NC(CCC(=O)O)C(=O)O)C(=O)O)C(NC(=O)OC(C)(C)C)c1ccccc1)CC32O. The molecule has 27 nitrogen and oxygen atoms in total. The molecule has 0 radical (unpaired) electrons. The Balaban J connectivity index is 1.18. The van der Waals surface area contributed by atoms with Crippen molar-refractivity contribution >= 4 is 65.6 Å². The maximum atomic E-state index is 15.9. The minimum Gasteiger partial charge on any atom is -0.481 e. The number of unbranched alkanes of at least 4 members (excludes halogenated alkanes) is 1. The van der Waals surface area contributed by atoms with Gasteiger partial charge in [-0.1, -0.05) is 55.5 Å². The van der Waals surface area contributed by atoms with Crippen molar-refractivity contribution in [3.05, 3.63) is 82.9 Å². The molecule has 480 valence electrons. The van der Waals surface area contributed by atoms with Crippen LogP contribution < -0.4 is 21.3 Å². The van der Waals surface area contributed by atoms with Gasteiger partial charge in [0.15, 0.2) is 17.0 Å². The highest BCUT2D eigenvalue weighted by atomic mass is 16.6. The Hall–Kier alpha value is -8.01. The molecule has 8 N–H and O–H groups in total. The van der Waals surface area contributed by atoms with Crippen LogP contribution >= 0.6 is 0 Å². The third kappa shape index (κ3) is 13.4. The normalized spacial score (nSPS) is 28.8. The highest BCUT2D eigenvalue weighted by Gasteiger charge is 2.89. The molecule has 0 spiro atoms. The number of esters is 4. The summed E-state index contributed by atoms with van der Waals surface area (Å²) >= 11 is 0. The van der Waals surface area contributed by atoms with Crippen molar-refractivity contribution in [3.8, 4) is 0 Å². The number of hydrogen-bond acceptors (Lipinski definition) is 20. The number of benzene rings is 2. The van der Waals surface area contributed by atoms with E-state index >= 15 is 9.59 Å². The average molecular weight is 1240 g/mol. The van der Waals surface area contributed by atoms with Gasteiger partial charge in [-0.25, -0.2) is 28.8 Å². The van der Waals surface area contributed by atoms with Gasteiger partial charge < -0.3 is 79.6 Å². The lowest BCUT2D eigenvalue weighted by molar-refractivity contribution is -0.404. The van der Waals surface area contributed by atoms with E-state index < -0.39 is 186 Å². The molecule has 0 aromatic heterocycles. The lowest BCUT2D eigenvalue weighted by Crippen LogP contribution is -2.91. The number of carbonyl (C=O) groups excluding carboxylic acids is 8. The van der Waals surface area contributed by atoms with E-state index in [1.165, 1.54) is 45.4 Å². The van der Waals surface area contributed by atoms with Gasteiger partial charge in [-0.05, 0) is 89.1 Å². The summed E-state index contributed by atoms with van der Waals surface area (Å²) in [6, 6.07) is 9.97. The zero-order chi connectivity index (χ0) is 64.9. The van der Waals surface area contributed by atoms with Crippen molar-refractivity contribution in [2.75, 3.05) is 27.4 Å². The number of amides is 4. The van der Waals surface area contributed by atoms with Crippen LogP contribution in [0.25, 0.3) is 0 Å². The molecule has 1 saturated heterocycles. The summed E-state index contributed by atoms with van der Waals surface area (Å²) in [7, 11) is 2.70. The number of hydrogen-bond donors (Lipinski definition) is 8. The number of fused-ring (bicyclic) bond motifs is 2. The molecule has 4 amide bonds. The number of carbonyl (C=O) groups is 11. The first-order valence-corrected chi connectivity index (χ1v) is 28.9. The molecular formula is C61H78N4O23. The lowest BCUT2D eigenvalue weighted by Gasteiger charge is -2.78. The fourth-order valence-corrected chi connectivity index (χ4v) is 13.7. The maximum Gasteiger partial charge on any atom is 0.408 e. The molecule has 2 aromatic carbocycles. The van der Waals surface area contributed by atoms with E-state index in [2.05, 4.69) is 16.0 Å². The van der Waals surface area contributed by atoms with Gasteiger partial charge in [-0.15, -0.1) is 0 Å². The Kier molecular flexibility index (Phi) is 20.5. The minimum absolute atomic E-state index is 0.0382. The van der Waals surface area contributed by atoms with Gasteiger partial charge in [0.2, 0.25) is 12.0 Å². The third-order valence-electron chi connectivity index (χ3n) is 17.6. The van der Waals surface area contributed by atoms with E-state index in [-0.39, 0.29) is 67.5 Å². The Labute approximate surface area is 507 Å². The molecule has 14 unspecified atom stereocenters. The number of ether oxygens (including phenoxy) is 8. The molecule has 5 fully saturated rings. The van der Waals surface area contributed by atoms with E-state index in [0.29, 0.717) is 0 Å². The number of alkyl carbamates (subject to hydrolysis) is 1. The Morgan fingerprint density at radius 1 is 0.795 bits per heavy atom. The van der Waals surface area contributed by atoms with Crippen molar-refractivity contribution in [2.24, 2.45) is 16.7 Å². The van der Waals surface area contributed by atoms with Crippen LogP contribution in [0.15, 0.2) is 71.8 Å². The second kappa shape index (κ2) is 26.8. The van der Waals surface area contributed by atoms with Gasteiger partial charge in [0, 0.05) is 65.2 Å². The van der Waals surface area contributed by atoms with Gasteiger partial charge in [0.05, 0.1) is 36.0 Å². The molecule has 2 aromatic rings. The number of carboxylic acid groups (broad SMARTS) is 3. The van der Waals surface area contributed by atoms with Gasteiger partial charge in [-0.2, -0.15) is 0 Å². The van der Waals surface area contributed by atoms with E-state index in [0.717, 1.165) is 0 Å². The lowest BCUT2D eigenvalue weighted by atomic mass is 9.31. The molecule has 4 saturated carbocycles. The van der Waals surface area contributed by atoms with E-state index in [4.69, 9.17) is 43.0 Å². The largest absolute Gasteiger partial charge is 0.481 e. The van der Waals surface area contributed by atoms with Gasteiger partial charge in [0.25, 0.3) is 0 Å². The molecule has 88 heavy (non-hydrogen) atoms. The van der Waals surface area contributed by atoms with Crippen molar-refractivity contribution in [3.63, 3.8) is 0 Å². The molecule has 1 aliphatic heterocycles. The molecule has 14 atom stereocenters. The van der Waals surface area contributed by atoms with Crippen LogP contribution in [-0.2, 0) is 76.3 Å². The van der Waals surface area contributed by atoms with Crippen LogP contribution in [0.3, 0.4) is 0 Å². The summed E-state index contributed by atoms with van der Waals surface area (Å²) in [6.45, 7) is 10.5. The highest BCUT2D eigenvalue weighted by molar-refractivity contribution is 5.96. The molecule has 5 aliphatic carbocycles. The summed E-state index contributed by atoms with van der Waals surface area (Å²) < 4.78 is 49.4. The van der Waals surface area contributed by atoms with E-state index in [9.17, 15) is 58.5 Å². The molecule has 6 aliphatic rings. The zero-order valence-corrected chi connectivity index (χ0v) is 50.5. The van der Waals surface area contributed by atoms with E-state index in [1.807, 2.05) is 5.32 Å². The number of aliphatic carboxylic acids is 3. The molecule has 8 rings (SSSR count). The molecule has 27 heteroatoms. The summed E-state index contributed by atoms with van der Waals surface area (Å²) in [5, 5.41) is 51.5. The zero-order valence-electron chi connectivity index (χ0n) is 50.5. The number of aliphatic hydroxyl groups is 1. The summed E-state index contributed by atoms with van der Waals surface area (Å²) in [5.41, 5.74) is -9.82. The second-order valence-electron chi connectivity index (χ2n) is 24.4. The summed E-state index contributed by atoms with van der Waals surface area (Å²) in [4.78, 5) is 147. The van der Waals surface area contributed by atoms with Crippen LogP contribution in [0.5, 0.6) is 0 Å². The Morgan fingerprint density at radius 2 is 1.42 bits per heavy atom. The van der Waals surface area contributed by atoms with Crippen LogP contribution in [0.1, 0.15) is 135 Å². The predicted molar refractivity (Wildman–Crippen MR) is 302 cm³/mol. The number of methoxy groups -OCH3 is 2. The van der Waals surface area contributed by atoms with Gasteiger partial charge in [-0.3, -0.25) is 24.0 Å². The van der Waals surface area contributed by atoms with Crippen molar-refractivity contribution in [1.82, 2.24) is 21.3 Å². The first-order valence-electron chi connectivity index (χ1n) is 28.9. The standard InChI is InChI=1S/C61H78N4O23/c1-32-38(29-61(80)57(6)30-60(61,87-51(76)35-20-14-11-15-21-35)53-58(7,48(71)46(82-9)44(32)57)39(81-8)28-40-59(53,31-83-40)86-33(2)66)84-52(77)47(45(34-18-12-10-13-19-34)65-55(79)88-56(3,4)5)85-43(70)26-24-41(67)62-27-17-16-22-36(49(72)73)63-54(78)64-37(50(74)75)23-25-42(68)69/h10-15,18-21,36-40,45-47,53,80H,16-17,22-31H2,1-9H3,(H,62,67)(H,65,79)(H,68,69)(H,72,73)(H,74,75)(H2,63,64,78). The number of nitrogens with one attached hydrogen (secondary N) is 4. The number of Topliss-reactive ketones (excluding diaryl/α,β-unsaturated/α-hetero) is 1. The molecule has 1 heterocycles. The number of carboxylic acids is 3. The van der Waals surface area contributed by atoms with Gasteiger partial charge >= 0.3 is 53.9 Å². The van der Waals surface area contributed by atoms with Crippen molar-refractivity contribution < 1.29 is 111 Å². The smallest absolute Gasteiger partial charge is 0.408 e. The van der Waals surface area contributed by atoms with Crippen LogP contribution in [0.2, 0.25) is 0 Å². The number of rotatable bonds is 26. The monoisotopic (exact) mass is 1230 g/mol. The van der Waals surface area contributed by atoms with Crippen LogP contribution in [0.4, 0.5) is 9.59 Å². The quantitative estimate of drug-likeness (QED) is 0.0285.